The molecule has 0 aromatic carbocycles. The van der Waals surface area contributed by atoms with Crippen molar-refractivity contribution < 1.29 is 4.79 Å². The highest BCUT2D eigenvalue weighted by atomic mass is 35.5. The molecule has 2 rings (SSSR count). The summed E-state index contributed by atoms with van der Waals surface area (Å²) in [5, 5.41) is 2.14. The van der Waals surface area contributed by atoms with Crippen LogP contribution in [0.5, 0.6) is 0 Å². The van der Waals surface area contributed by atoms with Crippen molar-refractivity contribution in [3.8, 4) is 0 Å². The van der Waals surface area contributed by atoms with E-state index in [0.29, 0.717) is 6.42 Å². The lowest BCUT2D eigenvalue weighted by atomic mass is 9.97. The van der Waals surface area contributed by atoms with E-state index in [0.717, 1.165) is 25.8 Å². The fraction of sp³-hybridized carbons (Fsp3) is 0.643. The van der Waals surface area contributed by atoms with Gasteiger partial charge in [-0.1, -0.05) is 6.92 Å². The molecule has 1 aliphatic heterocycles. The Bertz CT molecular complexity index is 419. The highest BCUT2D eigenvalue weighted by Gasteiger charge is 2.29. The third-order valence-electron chi connectivity index (χ3n) is 3.62. The summed E-state index contributed by atoms with van der Waals surface area (Å²) in [7, 11) is 0. The first kappa shape index (κ1) is 16.5. The predicted octanol–water partition coefficient (Wildman–Crippen LogP) is 3.13. The molecule has 0 radical (unpaired) electrons. The van der Waals surface area contributed by atoms with Crippen molar-refractivity contribution in [1.82, 2.24) is 4.90 Å². The molecule has 19 heavy (non-hydrogen) atoms. The van der Waals surface area contributed by atoms with Crippen LogP contribution in [-0.4, -0.2) is 23.4 Å². The molecule has 0 fully saturated rings. The summed E-state index contributed by atoms with van der Waals surface area (Å²) in [6.07, 6.45) is 3.36. The summed E-state index contributed by atoms with van der Waals surface area (Å²) in [6, 6.07) is 2.57. The van der Waals surface area contributed by atoms with E-state index in [4.69, 9.17) is 5.73 Å². The van der Waals surface area contributed by atoms with Crippen molar-refractivity contribution >= 4 is 29.7 Å². The maximum absolute atomic E-state index is 12.3. The zero-order valence-corrected chi connectivity index (χ0v) is 13.2. The Labute approximate surface area is 125 Å². The number of rotatable bonds is 4. The quantitative estimate of drug-likeness (QED) is 0.929. The Balaban J connectivity index is 0.00000180. The first-order valence-electron chi connectivity index (χ1n) is 6.74. The molecule has 2 N–H and O–H groups in total. The van der Waals surface area contributed by atoms with Gasteiger partial charge in [0.15, 0.2) is 0 Å². The van der Waals surface area contributed by atoms with Crippen molar-refractivity contribution in [1.29, 1.82) is 0 Å². The van der Waals surface area contributed by atoms with E-state index in [9.17, 15) is 4.79 Å². The van der Waals surface area contributed by atoms with Crippen LogP contribution in [0.15, 0.2) is 11.4 Å². The van der Waals surface area contributed by atoms with Gasteiger partial charge in [-0.15, -0.1) is 23.7 Å². The zero-order chi connectivity index (χ0) is 13.1. The molecule has 0 saturated carbocycles. The molecule has 5 heteroatoms. The fourth-order valence-corrected chi connectivity index (χ4v) is 3.56. The van der Waals surface area contributed by atoms with E-state index in [2.05, 4.69) is 23.3 Å². The van der Waals surface area contributed by atoms with Crippen LogP contribution < -0.4 is 5.73 Å². The molecule has 0 aliphatic carbocycles. The summed E-state index contributed by atoms with van der Waals surface area (Å²) >= 11 is 1.82. The minimum absolute atomic E-state index is 0. The second kappa shape index (κ2) is 7.27. The number of amides is 1. The number of fused-ring (bicyclic) bond motifs is 1. The molecular weight excluding hydrogens is 280 g/mol. The third kappa shape index (κ3) is 3.71. The molecule has 0 spiro atoms. The van der Waals surface area contributed by atoms with Gasteiger partial charge in [0.05, 0.1) is 6.04 Å². The molecule has 0 bridgehead atoms. The molecule has 2 unspecified atom stereocenters. The minimum atomic E-state index is 0. The van der Waals surface area contributed by atoms with Crippen LogP contribution >= 0.6 is 23.7 Å². The number of nitrogens with two attached hydrogens (primary N) is 1. The first-order chi connectivity index (χ1) is 8.63. The monoisotopic (exact) mass is 302 g/mol. The van der Waals surface area contributed by atoms with Gasteiger partial charge in [-0.2, -0.15) is 0 Å². The Morgan fingerprint density at radius 1 is 1.63 bits per heavy atom. The average Bonchev–Trinajstić information content (AvgIpc) is 2.82. The summed E-state index contributed by atoms with van der Waals surface area (Å²) in [6.45, 7) is 4.98. The van der Waals surface area contributed by atoms with Crippen LogP contribution in [0.4, 0.5) is 0 Å². The highest BCUT2D eigenvalue weighted by Crippen LogP contribution is 2.35. The van der Waals surface area contributed by atoms with Gasteiger partial charge in [0.1, 0.15) is 0 Å². The normalized spacial score (nSPS) is 19.5. The summed E-state index contributed by atoms with van der Waals surface area (Å²) in [4.78, 5) is 15.8. The van der Waals surface area contributed by atoms with Gasteiger partial charge < -0.3 is 10.6 Å². The van der Waals surface area contributed by atoms with Crippen LogP contribution in [0.1, 0.15) is 49.6 Å². The number of nitrogens with zero attached hydrogens (tertiary/aromatic N) is 1. The topological polar surface area (TPSA) is 46.3 Å². The maximum Gasteiger partial charge on any atom is 0.223 e. The first-order valence-corrected chi connectivity index (χ1v) is 7.62. The fourth-order valence-electron chi connectivity index (χ4n) is 2.63. The van der Waals surface area contributed by atoms with Gasteiger partial charge in [-0.05, 0) is 43.2 Å². The lowest BCUT2D eigenvalue weighted by Gasteiger charge is -2.35. The van der Waals surface area contributed by atoms with Gasteiger partial charge in [0.25, 0.3) is 0 Å². The van der Waals surface area contributed by atoms with Crippen LogP contribution in [0, 0.1) is 0 Å². The predicted molar refractivity (Wildman–Crippen MR) is 82.9 cm³/mol. The van der Waals surface area contributed by atoms with E-state index in [1.54, 1.807) is 0 Å². The van der Waals surface area contributed by atoms with Crippen molar-refractivity contribution in [2.75, 3.05) is 6.54 Å². The number of halogens is 1. The molecule has 2 atom stereocenters. The molecule has 1 aromatic rings. The van der Waals surface area contributed by atoms with Crippen molar-refractivity contribution in [2.45, 2.75) is 51.6 Å². The van der Waals surface area contributed by atoms with Crippen molar-refractivity contribution in [3.63, 3.8) is 0 Å². The molecule has 1 amide bonds. The Kier molecular flexibility index (Phi) is 6.30. The van der Waals surface area contributed by atoms with Crippen molar-refractivity contribution in [3.05, 3.63) is 21.9 Å². The summed E-state index contributed by atoms with van der Waals surface area (Å²) < 4.78 is 0. The van der Waals surface area contributed by atoms with E-state index in [1.165, 1.54) is 10.4 Å². The molecule has 108 valence electrons. The molecule has 2 heterocycles. The second-order valence-electron chi connectivity index (χ2n) is 5.08. The number of carbonyl (C=O) groups is 1. The van der Waals surface area contributed by atoms with Crippen LogP contribution in [0.3, 0.4) is 0 Å². The largest absolute Gasteiger partial charge is 0.335 e. The van der Waals surface area contributed by atoms with E-state index in [-0.39, 0.29) is 30.4 Å². The number of thiophene rings is 1. The van der Waals surface area contributed by atoms with Crippen LogP contribution in [0.25, 0.3) is 0 Å². The Hall–Kier alpha value is -0.580. The molecular formula is C14H23ClN2OS. The van der Waals surface area contributed by atoms with Crippen molar-refractivity contribution in [2.24, 2.45) is 5.73 Å². The van der Waals surface area contributed by atoms with E-state index < -0.39 is 0 Å². The van der Waals surface area contributed by atoms with Crippen LogP contribution in [0.2, 0.25) is 0 Å². The minimum Gasteiger partial charge on any atom is -0.335 e. The number of hydrogen-bond acceptors (Lipinski definition) is 3. The summed E-state index contributed by atoms with van der Waals surface area (Å²) in [5.74, 6) is 0.260. The van der Waals surface area contributed by atoms with E-state index in [1.807, 2.05) is 18.3 Å². The van der Waals surface area contributed by atoms with Gasteiger partial charge in [-0.25, -0.2) is 0 Å². The van der Waals surface area contributed by atoms with Gasteiger partial charge >= 0.3 is 0 Å². The zero-order valence-electron chi connectivity index (χ0n) is 11.6. The lowest BCUT2D eigenvalue weighted by Crippen LogP contribution is -2.39. The number of hydrogen-bond donors (Lipinski definition) is 1. The molecule has 0 saturated heterocycles. The van der Waals surface area contributed by atoms with Gasteiger partial charge in [0.2, 0.25) is 5.91 Å². The molecule has 3 nitrogen and oxygen atoms in total. The number of carbonyl (C=O) groups excluding carboxylic acids is 1. The standard InChI is InChI=1S/C14H22N2OS.ClH/c1-3-12-11-7-9-18-13(11)6-8-16(12)14(17)5-4-10(2)15;/h7,9-10,12H,3-6,8,15H2,1-2H3;1H. The molecule has 1 aromatic heterocycles. The smallest absolute Gasteiger partial charge is 0.223 e. The third-order valence-corrected chi connectivity index (χ3v) is 4.61. The van der Waals surface area contributed by atoms with Gasteiger partial charge in [-0.3, -0.25) is 4.79 Å². The van der Waals surface area contributed by atoms with Crippen LogP contribution in [-0.2, 0) is 11.2 Å². The SMILES string of the molecule is CCC1c2ccsc2CCN1C(=O)CCC(C)N.Cl. The average molecular weight is 303 g/mol. The lowest BCUT2D eigenvalue weighted by molar-refractivity contribution is -0.134. The Morgan fingerprint density at radius 2 is 2.37 bits per heavy atom. The second-order valence-corrected chi connectivity index (χ2v) is 6.08. The van der Waals surface area contributed by atoms with Gasteiger partial charge in [0, 0.05) is 23.9 Å². The molecule has 1 aliphatic rings. The Morgan fingerprint density at radius 3 is 3.00 bits per heavy atom. The summed E-state index contributed by atoms with van der Waals surface area (Å²) in [5.41, 5.74) is 7.09. The van der Waals surface area contributed by atoms with E-state index >= 15 is 0 Å². The highest BCUT2D eigenvalue weighted by molar-refractivity contribution is 7.10. The maximum atomic E-state index is 12.3.